The van der Waals surface area contributed by atoms with Gasteiger partial charge in [-0.2, -0.15) is 0 Å². The van der Waals surface area contributed by atoms with E-state index in [-0.39, 0.29) is 12.0 Å². The number of carbonyl (C=O) groups is 1. The quantitative estimate of drug-likeness (QED) is 0.668. The summed E-state index contributed by atoms with van der Waals surface area (Å²) >= 11 is 3.34. The van der Waals surface area contributed by atoms with Crippen LogP contribution in [0.1, 0.15) is 29.8 Å². The van der Waals surface area contributed by atoms with Crippen molar-refractivity contribution < 1.29 is 14.4 Å². The number of hydrogen-bond donors (Lipinski definition) is 1. The van der Waals surface area contributed by atoms with E-state index >= 15 is 0 Å². The van der Waals surface area contributed by atoms with Gasteiger partial charge in [-0.1, -0.05) is 0 Å². The summed E-state index contributed by atoms with van der Waals surface area (Å²) in [6.07, 6.45) is -0.375. The van der Waals surface area contributed by atoms with Crippen molar-refractivity contribution in [3.05, 3.63) is 27.5 Å². The molecular weight excluding hydrogens is 300 g/mol. The van der Waals surface area contributed by atoms with Crippen molar-refractivity contribution >= 4 is 21.8 Å². The molecule has 0 bridgehead atoms. The molecule has 6 heteroatoms. The van der Waals surface area contributed by atoms with Crippen LogP contribution in [0.5, 0.6) is 0 Å². The number of carbonyl (C=O) groups excluding carboxylic acids is 1. The van der Waals surface area contributed by atoms with Crippen molar-refractivity contribution in [1.82, 2.24) is 10.5 Å². The van der Waals surface area contributed by atoms with E-state index in [4.69, 9.17) is 9.57 Å². The highest BCUT2D eigenvalue weighted by Crippen LogP contribution is 2.25. The van der Waals surface area contributed by atoms with E-state index in [9.17, 15) is 4.79 Å². The van der Waals surface area contributed by atoms with Gasteiger partial charge in [-0.15, -0.1) is 0 Å². The standard InChI is InChI=1S/C12H17BrN2O3/c1-7-5-11(13)14-8(2)12(7)10(6-17-4)18-15-9(3)16/h5,10H,6H2,1-4H3,(H,15,16). The summed E-state index contributed by atoms with van der Waals surface area (Å²) in [6.45, 7) is 5.59. The van der Waals surface area contributed by atoms with Gasteiger partial charge in [-0.3, -0.25) is 9.63 Å². The Labute approximate surface area is 115 Å². The van der Waals surface area contributed by atoms with Gasteiger partial charge in [0.25, 0.3) is 0 Å². The van der Waals surface area contributed by atoms with Gasteiger partial charge in [-0.25, -0.2) is 10.5 Å². The summed E-state index contributed by atoms with van der Waals surface area (Å²) in [4.78, 5) is 20.6. The van der Waals surface area contributed by atoms with Crippen LogP contribution in [0, 0.1) is 13.8 Å². The molecule has 18 heavy (non-hydrogen) atoms. The molecule has 1 unspecified atom stereocenters. The molecule has 0 saturated carbocycles. The van der Waals surface area contributed by atoms with E-state index in [1.54, 1.807) is 7.11 Å². The average Bonchev–Trinajstić information content (AvgIpc) is 2.24. The fourth-order valence-electron chi connectivity index (χ4n) is 1.76. The first-order valence-corrected chi connectivity index (χ1v) is 6.29. The Morgan fingerprint density at radius 1 is 1.56 bits per heavy atom. The van der Waals surface area contributed by atoms with Gasteiger partial charge in [0.05, 0.1) is 6.61 Å². The summed E-state index contributed by atoms with van der Waals surface area (Å²) in [7, 11) is 1.58. The second kappa shape index (κ2) is 6.82. The van der Waals surface area contributed by atoms with Crippen LogP contribution in [0.25, 0.3) is 0 Å². The summed E-state index contributed by atoms with van der Waals surface area (Å²) < 4.78 is 5.89. The van der Waals surface area contributed by atoms with E-state index in [2.05, 4.69) is 26.4 Å². The molecular formula is C12H17BrN2O3. The minimum absolute atomic E-state index is 0.253. The molecule has 1 amide bonds. The number of methoxy groups -OCH3 is 1. The Balaban J connectivity index is 3.01. The molecule has 100 valence electrons. The second-order valence-electron chi connectivity index (χ2n) is 3.98. The predicted molar refractivity (Wildman–Crippen MR) is 70.9 cm³/mol. The van der Waals surface area contributed by atoms with E-state index in [1.165, 1.54) is 6.92 Å². The lowest BCUT2D eigenvalue weighted by molar-refractivity contribution is -0.139. The van der Waals surface area contributed by atoms with Gasteiger partial charge in [0, 0.05) is 25.3 Å². The normalized spacial score (nSPS) is 12.3. The zero-order valence-electron chi connectivity index (χ0n) is 10.9. The average molecular weight is 317 g/mol. The second-order valence-corrected chi connectivity index (χ2v) is 4.79. The number of halogens is 1. The Hall–Kier alpha value is -0.980. The van der Waals surface area contributed by atoms with E-state index in [0.29, 0.717) is 6.61 Å². The van der Waals surface area contributed by atoms with Crippen LogP contribution in [0.2, 0.25) is 0 Å². The number of nitrogens with zero attached hydrogens (tertiary/aromatic N) is 1. The number of nitrogens with one attached hydrogen (secondary N) is 1. The molecule has 0 aliphatic rings. The van der Waals surface area contributed by atoms with Crippen LogP contribution in [0.3, 0.4) is 0 Å². The van der Waals surface area contributed by atoms with Crippen molar-refractivity contribution in [2.75, 3.05) is 13.7 Å². The first-order valence-electron chi connectivity index (χ1n) is 5.50. The number of amides is 1. The first-order chi connectivity index (χ1) is 8.45. The van der Waals surface area contributed by atoms with E-state index in [0.717, 1.165) is 21.4 Å². The third kappa shape index (κ3) is 4.04. The smallest absolute Gasteiger partial charge is 0.240 e. The number of pyridine rings is 1. The SMILES string of the molecule is COCC(ONC(C)=O)c1c(C)cc(Br)nc1C. The first kappa shape index (κ1) is 15.1. The molecule has 1 rings (SSSR count). The number of aryl methyl sites for hydroxylation is 2. The maximum Gasteiger partial charge on any atom is 0.240 e. The Kier molecular flexibility index (Phi) is 5.71. The third-order valence-corrected chi connectivity index (χ3v) is 2.82. The van der Waals surface area contributed by atoms with Crippen molar-refractivity contribution in [3.63, 3.8) is 0 Å². The van der Waals surface area contributed by atoms with Crippen LogP contribution in [0.15, 0.2) is 10.7 Å². The van der Waals surface area contributed by atoms with Crippen LogP contribution in [-0.2, 0) is 14.4 Å². The van der Waals surface area contributed by atoms with Crippen LogP contribution >= 0.6 is 15.9 Å². The number of hydrogen-bond acceptors (Lipinski definition) is 4. The Morgan fingerprint density at radius 3 is 2.72 bits per heavy atom. The molecule has 1 N–H and O–H groups in total. The molecule has 1 aromatic rings. The van der Waals surface area contributed by atoms with Gasteiger partial charge >= 0.3 is 0 Å². The van der Waals surface area contributed by atoms with Gasteiger partial charge in [0.1, 0.15) is 10.7 Å². The van der Waals surface area contributed by atoms with Crippen LogP contribution in [0.4, 0.5) is 0 Å². The largest absolute Gasteiger partial charge is 0.382 e. The summed E-state index contributed by atoms with van der Waals surface area (Å²) in [6, 6.07) is 1.90. The molecule has 0 aliphatic heterocycles. The molecule has 0 aromatic carbocycles. The van der Waals surface area contributed by atoms with Crippen LogP contribution < -0.4 is 5.48 Å². The molecule has 0 spiro atoms. The highest BCUT2D eigenvalue weighted by molar-refractivity contribution is 9.10. The zero-order valence-corrected chi connectivity index (χ0v) is 12.5. The van der Waals surface area contributed by atoms with Gasteiger partial charge < -0.3 is 4.74 Å². The van der Waals surface area contributed by atoms with Crippen molar-refractivity contribution in [3.8, 4) is 0 Å². The highest BCUT2D eigenvalue weighted by Gasteiger charge is 2.19. The number of aromatic nitrogens is 1. The zero-order chi connectivity index (χ0) is 13.7. The van der Waals surface area contributed by atoms with Crippen molar-refractivity contribution in [1.29, 1.82) is 0 Å². The Morgan fingerprint density at radius 2 is 2.22 bits per heavy atom. The van der Waals surface area contributed by atoms with Crippen molar-refractivity contribution in [2.24, 2.45) is 0 Å². The molecule has 0 saturated heterocycles. The number of hydroxylamine groups is 1. The van der Waals surface area contributed by atoms with Gasteiger partial charge in [0.15, 0.2) is 0 Å². The minimum atomic E-state index is -0.375. The van der Waals surface area contributed by atoms with E-state index in [1.807, 2.05) is 19.9 Å². The topological polar surface area (TPSA) is 60.5 Å². The predicted octanol–water partition coefficient (Wildman–Crippen LogP) is 2.22. The molecule has 0 aliphatic carbocycles. The summed E-state index contributed by atoms with van der Waals surface area (Å²) in [5.74, 6) is -0.253. The van der Waals surface area contributed by atoms with Gasteiger partial charge in [0.2, 0.25) is 5.91 Å². The molecule has 0 radical (unpaired) electrons. The Bertz CT molecular complexity index is 414. The fourth-order valence-corrected chi connectivity index (χ4v) is 2.37. The fraction of sp³-hybridized carbons (Fsp3) is 0.500. The van der Waals surface area contributed by atoms with Crippen LogP contribution in [-0.4, -0.2) is 24.6 Å². The molecule has 1 aromatic heterocycles. The molecule has 1 atom stereocenters. The number of rotatable bonds is 5. The lowest BCUT2D eigenvalue weighted by Crippen LogP contribution is -2.26. The lowest BCUT2D eigenvalue weighted by atomic mass is 10.0. The maximum atomic E-state index is 10.9. The summed E-state index contributed by atoms with van der Waals surface area (Å²) in [5.41, 5.74) is 5.14. The van der Waals surface area contributed by atoms with E-state index < -0.39 is 0 Å². The van der Waals surface area contributed by atoms with Gasteiger partial charge in [-0.05, 0) is 41.4 Å². The molecule has 1 heterocycles. The highest BCUT2D eigenvalue weighted by atomic mass is 79.9. The number of ether oxygens (including phenoxy) is 1. The molecule has 0 fully saturated rings. The molecule has 5 nitrogen and oxygen atoms in total. The monoisotopic (exact) mass is 316 g/mol. The summed E-state index contributed by atoms with van der Waals surface area (Å²) in [5, 5.41) is 0. The maximum absolute atomic E-state index is 10.9. The van der Waals surface area contributed by atoms with Crippen molar-refractivity contribution in [2.45, 2.75) is 26.9 Å². The third-order valence-electron chi connectivity index (χ3n) is 2.41. The minimum Gasteiger partial charge on any atom is -0.382 e. The lowest BCUT2D eigenvalue weighted by Gasteiger charge is -2.20.